The van der Waals surface area contributed by atoms with Crippen molar-refractivity contribution in [1.82, 2.24) is 0 Å². The first kappa shape index (κ1) is 10.3. The molecule has 0 saturated carbocycles. The van der Waals surface area contributed by atoms with E-state index in [0.29, 0.717) is 0 Å². The van der Waals surface area contributed by atoms with Gasteiger partial charge in [0.05, 0.1) is 18.6 Å². The van der Waals surface area contributed by atoms with E-state index < -0.39 is 0 Å². The number of rotatable bonds is 2. The van der Waals surface area contributed by atoms with Gasteiger partial charge < -0.3 is 10.2 Å². The first-order chi connectivity index (χ1) is 5.88. The highest BCUT2D eigenvalue weighted by Gasteiger charge is 2.09. The Morgan fingerprint density at radius 1 is 1.31 bits per heavy atom. The number of hydrogen-bond donors (Lipinski definition) is 1. The summed E-state index contributed by atoms with van der Waals surface area (Å²) in [5, 5.41) is 4.08. The average Bonchev–Trinajstić information content (AvgIpc) is 2.77. The fraction of sp³-hybridized carbons (Fsp3) is 0.111. The highest BCUT2D eigenvalue weighted by atomic mass is 35.5. The summed E-state index contributed by atoms with van der Waals surface area (Å²) in [5.74, 6) is 0. The zero-order valence-electron chi connectivity index (χ0n) is 6.84. The lowest BCUT2D eigenvalue weighted by Gasteiger charge is -2.05. The van der Waals surface area contributed by atoms with Crippen LogP contribution in [0.1, 0.15) is 17.2 Å². The van der Waals surface area contributed by atoms with Gasteiger partial charge in [-0.05, 0) is 28.5 Å². The Morgan fingerprint density at radius 3 is 2.69 bits per heavy atom. The Morgan fingerprint density at radius 2 is 2.15 bits per heavy atom. The first-order valence-corrected chi connectivity index (χ1v) is 4.62. The Bertz CT molecular complexity index is 296. The molecule has 0 aromatic carbocycles. The minimum Gasteiger partial charge on any atom is -0.472 e. The number of halogens is 1. The van der Waals surface area contributed by atoms with Crippen molar-refractivity contribution in [2.24, 2.45) is 5.73 Å². The second-order valence-corrected chi connectivity index (χ2v) is 3.37. The highest BCUT2D eigenvalue weighted by Crippen LogP contribution is 2.21. The van der Waals surface area contributed by atoms with E-state index in [-0.39, 0.29) is 18.4 Å². The van der Waals surface area contributed by atoms with Crippen molar-refractivity contribution in [2.75, 3.05) is 0 Å². The largest absolute Gasteiger partial charge is 0.472 e. The van der Waals surface area contributed by atoms with Gasteiger partial charge in [0.25, 0.3) is 0 Å². The van der Waals surface area contributed by atoms with Crippen LogP contribution in [0.15, 0.2) is 39.8 Å². The summed E-state index contributed by atoms with van der Waals surface area (Å²) in [6.07, 6.45) is 3.32. The predicted octanol–water partition coefficient (Wildman–Crippen LogP) is 2.81. The predicted molar refractivity (Wildman–Crippen MR) is 56.3 cm³/mol. The van der Waals surface area contributed by atoms with Gasteiger partial charge in [0.15, 0.2) is 0 Å². The van der Waals surface area contributed by atoms with Crippen LogP contribution in [0.2, 0.25) is 0 Å². The molecule has 2 heterocycles. The molecular weight excluding hydrogens is 206 g/mol. The van der Waals surface area contributed by atoms with Crippen molar-refractivity contribution in [3.05, 3.63) is 46.5 Å². The van der Waals surface area contributed by atoms with Gasteiger partial charge in [0, 0.05) is 5.56 Å². The van der Waals surface area contributed by atoms with Crippen LogP contribution in [0.3, 0.4) is 0 Å². The molecule has 0 aliphatic rings. The van der Waals surface area contributed by atoms with Gasteiger partial charge in [-0.2, -0.15) is 11.3 Å². The SMILES string of the molecule is Cl.N[C@@H](c1ccoc1)c1ccsc1. The molecule has 0 spiro atoms. The summed E-state index contributed by atoms with van der Waals surface area (Å²) in [7, 11) is 0. The van der Waals surface area contributed by atoms with E-state index in [1.807, 2.05) is 17.5 Å². The first-order valence-electron chi connectivity index (χ1n) is 3.67. The van der Waals surface area contributed by atoms with Crippen LogP contribution in [0, 0.1) is 0 Å². The molecule has 1 atom stereocenters. The molecule has 0 aliphatic carbocycles. The second kappa shape index (κ2) is 4.46. The summed E-state index contributed by atoms with van der Waals surface area (Å²) in [6, 6.07) is 3.87. The maximum atomic E-state index is 5.95. The standard InChI is InChI=1S/C9H9NOS.ClH/c10-9(7-1-3-11-5-7)8-2-4-12-6-8;/h1-6,9H,10H2;1H/t9-;/m0./s1. The number of hydrogen-bond acceptors (Lipinski definition) is 3. The molecule has 2 aromatic heterocycles. The molecule has 13 heavy (non-hydrogen) atoms. The molecule has 0 amide bonds. The number of furan rings is 1. The van der Waals surface area contributed by atoms with Crippen LogP contribution < -0.4 is 5.73 Å². The molecule has 70 valence electrons. The van der Waals surface area contributed by atoms with Gasteiger partial charge in [-0.3, -0.25) is 0 Å². The van der Waals surface area contributed by atoms with Crippen molar-refractivity contribution in [2.45, 2.75) is 6.04 Å². The maximum absolute atomic E-state index is 5.95. The smallest absolute Gasteiger partial charge is 0.0953 e. The Hall–Kier alpha value is -0.770. The Balaban J connectivity index is 0.000000845. The normalized spacial score (nSPS) is 12.1. The molecule has 0 radical (unpaired) electrons. The zero-order chi connectivity index (χ0) is 8.39. The van der Waals surface area contributed by atoms with Crippen molar-refractivity contribution in [3.8, 4) is 0 Å². The minimum absolute atomic E-state index is 0. The molecule has 0 fully saturated rings. The summed E-state index contributed by atoms with van der Waals surface area (Å²) >= 11 is 1.65. The Labute approximate surface area is 86.8 Å². The third-order valence-corrected chi connectivity index (χ3v) is 2.51. The molecule has 0 saturated heterocycles. The fourth-order valence-electron chi connectivity index (χ4n) is 1.10. The molecule has 4 heteroatoms. The van der Waals surface area contributed by atoms with Crippen LogP contribution in [0.4, 0.5) is 0 Å². The quantitative estimate of drug-likeness (QED) is 0.837. The second-order valence-electron chi connectivity index (χ2n) is 2.59. The monoisotopic (exact) mass is 215 g/mol. The van der Waals surface area contributed by atoms with Gasteiger partial charge in [0.2, 0.25) is 0 Å². The lowest BCUT2D eigenvalue weighted by Crippen LogP contribution is -2.09. The molecule has 0 bridgehead atoms. The van der Waals surface area contributed by atoms with Crippen LogP contribution in [0.25, 0.3) is 0 Å². The molecule has 2 nitrogen and oxygen atoms in total. The minimum atomic E-state index is -0.0463. The van der Waals surface area contributed by atoms with E-state index in [4.69, 9.17) is 10.2 Å². The van der Waals surface area contributed by atoms with Crippen LogP contribution in [0.5, 0.6) is 0 Å². The summed E-state index contributed by atoms with van der Waals surface area (Å²) in [6.45, 7) is 0. The third-order valence-electron chi connectivity index (χ3n) is 1.80. The fourth-order valence-corrected chi connectivity index (χ4v) is 1.79. The summed E-state index contributed by atoms with van der Waals surface area (Å²) in [4.78, 5) is 0. The molecule has 0 aliphatic heterocycles. The van der Waals surface area contributed by atoms with Gasteiger partial charge >= 0.3 is 0 Å². The third kappa shape index (κ3) is 2.12. The molecule has 2 aromatic rings. The zero-order valence-corrected chi connectivity index (χ0v) is 8.48. The van der Waals surface area contributed by atoms with E-state index in [2.05, 4.69) is 5.38 Å². The lowest BCUT2D eigenvalue weighted by atomic mass is 10.1. The topological polar surface area (TPSA) is 39.2 Å². The van der Waals surface area contributed by atoms with Crippen molar-refractivity contribution < 1.29 is 4.42 Å². The van der Waals surface area contributed by atoms with Crippen LogP contribution in [-0.2, 0) is 0 Å². The highest BCUT2D eigenvalue weighted by molar-refractivity contribution is 7.07. The van der Waals surface area contributed by atoms with E-state index in [0.717, 1.165) is 11.1 Å². The Kier molecular flexibility index (Phi) is 3.54. The molecule has 2 rings (SSSR count). The van der Waals surface area contributed by atoms with Crippen LogP contribution in [-0.4, -0.2) is 0 Å². The molecular formula is C9H10ClNOS. The molecule has 0 unspecified atom stereocenters. The van der Waals surface area contributed by atoms with Gasteiger partial charge in [-0.25, -0.2) is 0 Å². The maximum Gasteiger partial charge on any atom is 0.0953 e. The van der Waals surface area contributed by atoms with Crippen molar-refractivity contribution in [3.63, 3.8) is 0 Å². The van der Waals surface area contributed by atoms with E-state index in [1.54, 1.807) is 23.9 Å². The summed E-state index contributed by atoms with van der Waals surface area (Å²) < 4.78 is 4.96. The number of thiophene rings is 1. The molecule has 2 N–H and O–H groups in total. The van der Waals surface area contributed by atoms with Gasteiger partial charge in [-0.15, -0.1) is 12.4 Å². The summed E-state index contributed by atoms with van der Waals surface area (Å²) in [5.41, 5.74) is 8.11. The van der Waals surface area contributed by atoms with Crippen LogP contribution >= 0.6 is 23.7 Å². The van der Waals surface area contributed by atoms with E-state index in [1.165, 1.54) is 0 Å². The lowest BCUT2D eigenvalue weighted by molar-refractivity contribution is 0.562. The van der Waals surface area contributed by atoms with Crippen molar-refractivity contribution in [1.29, 1.82) is 0 Å². The van der Waals surface area contributed by atoms with Crippen molar-refractivity contribution >= 4 is 23.7 Å². The van der Waals surface area contributed by atoms with Gasteiger partial charge in [0.1, 0.15) is 0 Å². The number of nitrogens with two attached hydrogens (primary N) is 1. The van der Waals surface area contributed by atoms with Gasteiger partial charge in [-0.1, -0.05) is 0 Å². The van der Waals surface area contributed by atoms with E-state index >= 15 is 0 Å². The van der Waals surface area contributed by atoms with E-state index in [9.17, 15) is 0 Å². The average molecular weight is 216 g/mol.